The molecule has 3 nitrogen and oxygen atoms in total. The van der Waals surface area contributed by atoms with E-state index in [2.05, 4.69) is 0 Å². The molecule has 68 valence electrons. The number of rotatable bonds is 6. The van der Waals surface area contributed by atoms with Crippen LogP contribution in [0.1, 0.15) is 13.3 Å². The number of hydrogen-bond donors (Lipinski definition) is 3. The van der Waals surface area contributed by atoms with Crippen molar-refractivity contribution in [3.05, 3.63) is 0 Å². The molecule has 0 amide bonds. The fraction of sp³-hybridized carbons (Fsp3) is 1.00. The highest BCUT2D eigenvalue weighted by molar-refractivity contribution is 7.99. The SMILES string of the molecule is CC(CCO)SCC(O)CN. The van der Waals surface area contributed by atoms with Gasteiger partial charge in [0.15, 0.2) is 0 Å². The van der Waals surface area contributed by atoms with Gasteiger partial charge in [-0.15, -0.1) is 0 Å². The maximum absolute atomic E-state index is 9.07. The van der Waals surface area contributed by atoms with Crippen molar-refractivity contribution >= 4 is 11.8 Å². The molecule has 2 atom stereocenters. The first-order chi connectivity index (χ1) is 5.20. The molecule has 0 aromatic rings. The Kier molecular flexibility index (Phi) is 7.06. The maximum atomic E-state index is 9.07. The fourth-order valence-corrected chi connectivity index (χ4v) is 1.57. The van der Waals surface area contributed by atoms with Gasteiger partial charge in [-0.25, -0.2) is 0 Å². The Morgan fingerprint density at radius 2 is 2.18 bits per heavy atom. The van der Waals surface area contributed by atoms with Crippen molar-refractivity contribution in [3.8, 4) is 0 Å². The molecule has 0 fully saturated rings. The lowest BCUT2D eigenvalue weighted by atomic mass is 10.3. The molecular weight excluding hydrogens is 162 g/mol. The van der Waals surface area contributed by atoms with Gasteiger partial charge in [-0.2, -0.15) is 11.8 Å². The normalized spacial score (nSPS) is 16.4. The summed E-state index contributed by atoms with van der Waals surface area (Å²) in [6.07, 6.45) is 0.378. The summed E-state index contributed by atoms with van der Waals surface area (Å²) in [5.41, 5.74) is 5.22. The van der Waals surface area contributed by atoms with Crippen LogP contribution in [0.2, 0.25) is 0 Å². The average molecular weight is 179 g/mol. The summed E-state index contributed by atoms with van der Waals surface area (Å²) >= 11 is 1.64. The van der Waals surface area contributed by atoms with Gasteiger partial charge in [0.2, 0.25) is 0 Å². The lowest BCUT2D eigenvalue weighted by Gasteiger charge is -2.11. The Morgan fingerprint density at radius 1 is 1.55 bits per heavy atom. The molecule has 0 spiro atoms. The van der Waals surface area contributed by atoms with Crippen molar-refractivity contribution in [1.29, 1.82) is 0 Å². The van der Waals surface area contributed by atoms with Gasteiger partial charge in [0.05, 0.1) is 6.10 Å². The summed E-state index contributed by atoms with van der Waals surface area (Å²) in [5.74, 6) is 0.664. The summed E-state index contributed by atoms with van der Waals surface area (Å²) in [5, 5.41) is 18.0. The largest absolute Gasteiger partial charge is 0.396 e. The van der Waals surface area contributed by atoms with Crippen LogP contribution >= 0.6 is 11.8 Å². The van der Waals surface area contributed by atoms with Gasteiger partial charge >= 0.3 is 0 Å². The second-order valence-corrected chi connectivity index (χ2v) is 4.02. The first kappa shape index (κ1) is 11.2. The second kappa shape index (κ2) is 6.91. The van der Waals surface area contributed by atoms with Crippen molar-refractivity contribution in [2.75, 3.05) is 18.9 Å². The molecule has 2 unspecified atom stereocenters. The van der Waals surface area contributed by atoms with Gasteiger partial charge in [-0.3, -0.25) is 0 Å². The zero-order chi connectivity index (χ0) is 8.69. The van der Waals surface area contributed by atoms with Crippen molar-refractivity contribution < 1.29 is 10.2 Å². The number of aliphatic hydroxyl groups is 2. The van der Waals surface area contributed by atoms with E-state index in [-0.39, 0.29) is 6.61 Å². The van der Waals surface area contributed by atoms with E-state index in [9.17, 15) is 0 Å². The lowest BCUT2D eigenvalue weighted by molar-refractivity contribution is 0.208. The number of nitrogens with two attached hydrogens (primary N) is 1. The summed E-state index contributed by atoms with van der Waals surface area (Å²) < 4.78 is 0. The average Bonchev–Trinajstić information content (AvgIpc) is 2.01. The van der Waals surface area contributed by atoms with Crippen molar-refractivity contribution in [1.82, 2.24) is 0 Å². The van der Waals surface area contributed by atoms with Crippen LogP contribution < -0.4 is 5.73 Å². The molecule has 0 radical (unpaired) electrons. The van der Waals surface area contributed by atoms with Crippen LogP contribution in [-0.4, -0.2) is 40.5 Å². The zero-order valence-electron chi connectivity index (χ0n) is 6.86. The maximum Gasteiger partial charge on any atom is 0.0752 e. The van der Waals surface area contributed by atoms with Gasteiger partial charge in [0.25, 0.3) is 0 Å². The van der Waals surface area contributed by atoms with Crippen LogP contribution in [0.5, 0.6) is 0 Å². The van der Waals surface area contributed by atoms with E-state index in [1.54, 1.807) is 11.8 Å². The van der Waals surface area contributed by atoms with E-state index >= 15 is 0 Å². The predicted molar refractivity (Wildman–Crippen MR) is 48.7 cm³/mol. The molecule has 4 N–H and O–H groups in total. The Morgan fingerprint density at radius 3 is 2.64 bits per heavy atom. The molecule has 0 saturated heterocycles. The molecule has 0 saturated carbocycles. The van der Waals surface area contributed by atoms with Crippen molar-refractivity contribution in [3.63, 3.8) is 0 Å². The highest BCUT2D eigenvalue weighted by Gasteiger charge is 2.05. The molecule has 0 heterocycles. The highest BCUT2D eigenvalue weighted by atomic mass is 32.2. The number of thioether (sulfide) groups is 1. The third-order valence-corrected chi connectivity index (χ3v) is 2.76. The van der Waals surface area contributed by atoms with E-state index in [4.69, 9.17) is 15.9 Å². The highest BCUT2D eigenvalue weighted by Crippen LogP contribution is 2.14. The molecule has 0 aliphatic rings. The van der Waals surface area contributed by atoms with E-state index in [1.807, 2.05) is 6.92 Å². The van der Waals surface area contributed by atoms with Crippen LogP contribution in [-0.2, 0) is 0 Å². The first-order valence-corrected chi connectivity index (χ1v) is 4.86. The van der Waals surface area contributed by atoms with E-state index in [0.29, 0.717) is 17.5 Å². The Bertz CT molecular complexity index is 92.5. The van der Waals surface area contributed by atoms with Gasteiger partial charge in [-0.05, 0) is 6.42 Å². The molecule has 4 heteroatoms. The first-order valence-electron chi connectivity index (χ1n) is 3.81. The van der Waals surface area contributed by atoms with Crippen molar-refractivity contribution in [2.45, 2.75) is 24.7 Å². The Hall–Kier alpha value is 0.230. The van der Waals surface area contributed by atoms with Gasteiger partial charge in [0, 0.05) is 24.2 Å². The minimum atomic E-state index is -0.402. The number of aliphatic hydroxyl groups excluding tert-OH is 2. The minimum Gasteiger partial charge on any atom is -0.396 e. The second-order valence-electron chi connectivity index (χ2n) is 2.55. The summed E-state index contributed by atoms with van der Waals surface area (Å²) in [6.45, 7) is 2.57. The fourth-order valence-electron chi connectivity index (χ4n) is 0.609. The minimum absolute atomic E-state index is 0.215. The molecule has 0 rings (SSSR count). The van der Waals surface area contributed by atoms with Gasteiger partial charge in [-0.1, -0.05) is 6.92 Å². The monoisotopic (exact) mass is 179 g/mol. The number of hydrogen-bond acceptors (Lipinski definition) is 4. The Balaban J connectivity index is 3.22. The van der Waals surface area contributed by atoms with Gasteiger partial charge < -0.3 is 15.9 Å². The molecule has 0 bridgehead atoms. The topological polar surface area (TPSA) is 66.5 Å². The zero-order valence-corrected chi connectivity index (χ0v) is 7.68. The molecule has 0 aliphatic carbocycles. The summed E-state index contributed by atoms with van der Waals surface area (Å²) in [6, 6.07) is 0. The quantitative estimate of drug-likeness (QED) is 0.529. The van der Waals surface area contributed by atoms with E-state index in [1.165, 1.54) is 0 Å². The van der Waals surface area contributed by atoms with Crippen LogP contribution in [0, 0.1) is 0 Å². The predicted octanol–water partition coefficient (Wildman–Crippen LogP) is -0.190. The van der Waals surface area contributed by atoms with Gasteiger partial charge in [0.1, 0.15) is 0 Å². The Labute approximate surface area is 72.0 Å². The molecule has 11 heavy (non-hydrogen) atoms. The van der Waals surface area contributed by atoms with Crippen LogP contribution in [0.4, 0.5) is 0 Å². The standard InChI is InChI=1S/C7H17NO2S/c1-6(2-3-9)11-5-7(10)4-8/h6-7,9-10H,2-5,8H2,1H3. The van der Waals surface area contributed by atoms with Crippen LogP contribution in [0.3, 0.4) is 0 Å². The van der Waals surface area contributed by atoms with E-state index in [0.717, 1.165) is 6.42 Å². The third-order valence-electron chi connectivity index (χ3n) is 1.38. The molecule has 0 aromatic heterocycles. The van der Waals surface area contributed by atoms with Crippen LogP contribution in [0.15, 0.2) is 0 Å². The third kappa shape index (κ3) is 6.62. The van der Waals surface area contributed by atoms with E-state index < -0.39 is 6.10 Å². The molecule has 0 aliphatic heterocycles. The van der Waals surface area contributed by atoms with Crippen LogP contribution in [0.25, 0.3) is 0 Å². The lowest BCUT2D eigenvalue weighted by Crippen LogP contribution is -2.23. The van der Waals surface area contributed by atoms with Crippen molar-refractivity contribution in [2.24, 2.45) is 5.73 Å². The molecular formula is C7H17NO2S. The molecule has 0 aromatic carbocycles. The smallest absolute Gasteiger partial charge is 0.0752 e. The summed E-state index contributed by atoms with van der Waals surface area (Å²) in [7, 11) is 0. The summed E-state index contributed by atoms with van der Waals surface area (Å²) in [4.78, 5) is 0.